The van der Waals surface area contributed by atoms with Crippen LogP contribution in [0, 0.1) is 17.0 Å². The van der Waals surface area contributed by atoms with Gasteiger partial charge in [0.25, 0.3) is 0 Å². The van der Waals surface area contributed by atoms with E-state index < -0.39 is 11.6 Å². The van der Waals surface area contributed by atoms with Crippen LogP contribution in [0.4, 0.5) is 8.78 Å². The van der Waals surface area contributed by atoms with Crippen molar-refractivity contribution in [2.45, 2.75) is 44.9 Å². The van der Waals surface area contributed by atoms with Crippen LogP contribution in [0.5, 0.6) is 0 Å². The summed E-state index contributed by atoms with van der Waals surface area (Å²) in [7, 11) is 0. The summed E-state index contributed by atoms with van der Waals surface area (Å²) >= 11 is 5.98. The molecular weight excluding hydrogens is 268 g/mol. The summed E-state index contributed by atoms with van der Waals surface area (Å²) in [6.45, 7) is 0.686. The quantitative estimate of drug-likeness (QED) is 0.795. The molecule has 0 atom stereocenters. The third-order valence-electron chi connectivity index (χ3n) is 4.35. The van der Waals surface area contributed by atoms with Crippen molar-refractivity contribution in [3.63, 3.8) is 0 Å². The zero-order valence-corrected chi connectivity index (χ0v) is 11.8. The molecule has 106 valence electrons. The molecule has 2 rings (SSSR count). The first-order chi connectivity index (χ1) is 9.06. The van der Waals surface area contributed by atoms with Crippen molar-refractivity contribution in [3.8, 4) is 0 Å². The van der Waals surface area contributed by atoms with Gasteiger partial charge in [-0.15, -0.1) is 0 Å². The second-order valence-electron chi connectivity index (χ2n) is 5.60. The standard InChI is InChI=1S/C15H20ClF2N/c16-12-10-14(18)13(17)9-11(12)3-6-15(7-8-19)4-1-2-5-15/h9-10H,1-8,19H2. The van der Waals surface area contributed by atoms with Gasteiger partial charge < -0.3 is 5.73 Å². The fraction of sp³-hybridized carbons (Fsp3) is 0.600. The van der Waals surface area contributed by atoms with E-state index in [1.807, 2.05) is 0 Å². The highest BCUT2D eigenvalue weighted by molar-refractivity contribution is 6.31. The van der Waals surface area contributed by atoms with E-state index in [4.69, 9.17) is 17.3 Å². The number of rotatable bonds is 5. The van der Waals surface area contributed by atoms with Gasteiger partial charge in [-0.2, -0.15) is 0 Å². The molecule has 0 bridgehead atoms. The molecule has 0 aromatic heterocycles. The molecule has 2 N–H and O–H groups in total. The van der Waals surface area contributed by atoms with Gasteiger partial charge in [-0.25, -0.2) is 8.78 Å². The van der Waals surface area contributed by atoms with E-state index in [1.165, 1.54) is 31.7 Å². The molecule has 1 aliphatic rings. The molecule has 0 unspecified atom stereocenters. The third-order valence-corrected chi connectivity index (χ3v) is 4.70. The molecular formula is C15H20ClF2N. The van der Waals surface area contributed by atoms with Crippen molar-refractivity contribution >= 4 is 11.6 Å². The molecule has 0 saturated heterocycles. The number of aryl methyl sites for hydroxylation is 1. The van der Waals surface area contributed by atoms with Crippen LogP contribution in [-0.2, 0) is 6.42 Å². The highest BCUT2D eigenvalue weighted by Gasteiger charge is 2.32. The minimum absolute atomic E-state index is 0.281. The fourth-order valence-electron chi connectivity index (χ4n) is 3.21. The molecule has 0 spiro atoms. The highest BCUT2D eigenvalue weighted by atomic mass is 35.5. The molecule has 19 heavy (non-hydrogen) atoms. The maximum atomic E-state index is 13.2. The monoisotopic (exact) mass is 287 g/mol. The van der Waals surface area contributed by atoms with Crippen molar-refractivity contribution in [3.05, 3.63) is 34.4 Å². The molecule has 0 heterocycles. The minimum atomic E-state index is -0.883. The van der Waals surface area contributed by atoms with Crippen LogP contribution in [-0.4, -0.2) is 6.54 Å². The lowest BCUT2D eigenvalue weighted by molar-refractivity contribution is 0.253. The molecule has 0 radical (unpaired) electrons. The van der Waals surface area contributed by atoms with Gasteiger partial charge in [0.2, 0.25) is 0 Å². The van der Waals surface area contributed by atoms with Gasteiger partial charge in [0.1, 0.15) is 0 Å². The number of nitrogens with two attached hydrogens (primary N) is 1. The first kappa shape index (κ1) is 14.7. The van der Waals surface area contributed by atoms with E-state index in [9.17, 15) is 8.78 Å². The zero-order chi connectivity index (χ0) is 13.9. The third kappa shape index (κ3) is 3.46. The van der Waals surface area contributed by atoms with Gasteiger partial charge in [-0.1, -0.05) is 24.4 Å². The van der Waals surface area contributed by atoms with Crippen LogP contribution < -0.4 is 5.73 Å². The Kier molecular flexibility index (Phi) is 4.80. The Bertz CT molecular complexity index is 442. The summed E-state index contributed by atoms with van der Waals surface area (Å²) in [5, 5.41) is 0.319. The van der Waals surface area contributed by atoms with E-state index in [-0.39, 0.29) is 5.41 Å². The smallest absolute Gasteiger partial charge is 0.160 e. The van der Waals surface area contributed by atoms with E-state index in [0.717, 1.165) is 18.9 Å². The van der Waals surface area contributed by atoms with Gasteiger partial charge in [-0.05, 0) is 61.8 Å². The molecule has 1 aromatic carbocycles. The largest absolute Gasteiger partial charge is 0.330 e. The Morgan fingerprint density at radius 2 is 1.74 bits per heavy atom. The lowest BCUT2D eigenvalue weighted by atomic mass is 9.77. The number of hydrogen-bond donors (Lipinski definition) is 1. The average molecular weight is 288 g/mol. The topological polar surface area (TPSA) is 26.0 Å². The SMILES string of the molecule is NCCC1(CCc2cc(F)c(F)cc2Cl)CCCC1. The minimum Gasteiger partial charge on any atom is -0.330 e. The first-order valence-electron chi connectivity index (χ1n) is 6.90. The zero-order valence-electron chi connectivity index (χ0n) is 11.0. The highest BCUT2D eigenvalue weighted by Crippen LogP contribution is 2.44. The van der Waals surface area contributed by atoms with Crippen molar-refractivity contribution in [1.29, 1.82) is 0 Å². The van der Waals surface area contributed by atoms with Crippen LogP contribution in [0.1, 0.15) is 44.1 Å². The van der Waals surface area contributed by atoms with Crippen molar-refractivity contribution in [2.75, 3.05) is 6.54 Å². The molecule has 1 aliphatic carbocycles. The number of halogens is 3. The summed E-state index contributed by atoms with van der Waals surface area (Å²) in [5.41, 5.74) is 6.68. The van der Waals surface area contributed by atoms with Gasteiger partial charge in [0.05, 0.1) is 0 Å². The van der Waals surface area contributed by atoms with Crippen LogP contribution in [0.25, 0.3) is 0 Å². The second-order valence-corrected chi connectivity index (χ2v) is 6.01. The predicted octanol–water partition coefficient (Wildman–Crippen LogP) is 4.46. The molecule has 0 aliphatic heterocycles. The number of hydrogen-bond acceptors (Lipinski definition) is 1. The first-order valence-corrected chi connectivity index (χ1v) is 7.28. The van der Waals surface area contributed by atoms with Gasteiger partial charge in [0.15, 0.2) is 11.6 Å². The molecule has 1 saturated carbocycles. The molecule has 4 heteroatoms. The van der Waals surface area contributed by atoms with E-state index in [0.29, 0.717) is 23.6 Å². The van der Waals surface area contributed by atoms with Gasteiger partial charge in [-0.3, -0.25) is 0 Å². The average Bonchev–Trinajstić information content (AvgIpc) is 2.82. The fourth-order valence-corrected chi connectivity index (χ4v) is 3.46. The summed E-state index contributed by atoms with van der Waals surface area (Å²) in [6, 6.07) is 2.29. The van der Waals surface area contributed by atoms with E-state index >= 15 is 0 Å². The van der Waals surface area contributed by atoms with Gasteiger partial charge in [0, 0.05) is 5.02 Å². The lowest BCUT2D eigenvalue weighted by Crippen LogP contribution is -2.22. The van der Waals surface area contributed by atoms with Crippen molar-refractivity contribution in [2.24, 2.45) is 11.1 Å². The van der Waals surface area contributed by atoms with Crippen molar-refractivity contribution < 1.29 is 8.78 Å². The maximum Gasteiger partial charge on any atom is 0.160 e. The Hall–Kier alpha value is -0.670. The number of benzene rings is 1. The van der Waals surface area contributed by atoms with Gasteiger partial charge >= 0.3 is 0 Å². The Morgan fingerprint density at radius 3 is 2.37 bits per heavy atom. The summed E-state index contributed by atoms with van der Waals surface area (Å²) in [5.74, 6) is -1.70. The Labute approximate surface area is 118 Å². The maximum absolute atomic E-state index is 13.2. The summed E-state index contributed by atoms with van der Waals surface area (Å²) in [4.78, 5) is 0. The Morgan fingerprint density at radius 1 is 1.11 bits per heavy atom. The van der Waals surface area contributed by atoms with Crippen LogP contribution in [0.2, 0.25) is 5.02 Å². The molecule has 1 aromatic rings. The predicted molar refractivity (Wildman–Crippen MR) is 74.3 cm³/mol. The molecule has 1 nitrogen and oxygen atoms in total. The van der Waals surface area contributed by atoms with Crippen LogP contribution in [0.3, 0.4) is 0 Å². The Balaban J connectivity index is 2.07. The normalized spacial score (nSPS) is 17.9. The molecule has 0 amide bonds. The second kappa shape index (κ2) is 6.19. The van der Waals surface area contributed by atoms with Crippen LogP contribution >= 0.6 is 11.6 Å². The van der Waals surface area contributed by atoms with E-state index in [1.54, 1.807) is 0 Å². The van der Waals surface area contributed by atoms with Crippen LogP contribution in [0.15, 0.2) is 12.1 Å². The van der Waals surface area contributed by atoms with E-state index in [2.05, 4.69) is 0 Å². The lowest BCUT2D eigenvalue weighted by Gasteiger charge is -2.28. The summed E-state index contributed by atoms with van der Waals surface area (Å²) < 4.78 is 26.3. The van der Waals surface area contributed by atoms with Crippen molar-refractivity contribution in [1.82, 2.24) is 0 Å². The summed E-state index contributed by atoms with van der Waals surface area (Å²) in [6.07, 6.45) is 7.51. The molecule has 1 fully saturated rings.